The van der Waals surface area contributed by atoms with Crippen molar-refractivity contribution in [2.45, 2.75) is 38.6 Å². The molecule has 34 heavy (non-hydrogen) atoms. The summed E-state index contributed by atoms with van der Waals surface area (Å²) in [6, 6.07) is 18.2. The Morgan fingerprint density at radius 1 is 1.18 bits per heavy atom. The Balaban J connectivity index is 1.26. The van der Waals surface area contributed by atoms with Crippen LogP contribution < -0.4 is 10.1 Å². The maximum absolute atomic E-state index is 14.0. The Bertz CT molecular complexity index is 1280. The number of rotatable bonds is 9. The highest BCUT2D eigenvalue weighted by Gasteiger charge is 2.22. The maximum Gasteiger partial charge on any atom is 0.220 e. The highest BCUT2D eigenvalue weighted by molar-refractivity contribution is 5.91. The van der Waals surface area contributed by atoms with E-state index in [2.05, 4.69) is 15.3 Å². The molecule has 0 bridgehead atoms. The number of nitrogens with zero attached hydrogens (tertiary/aromatic N) is 1. The van der Waals surface area contributed by atoms with Gasteiger partial charge in [-0.1, -0.05) is 30.3 Å². The van der Waals surface area contributed by atoms with Gasteiger partial charge in [0.05, 0.1) is 24.5 Å². The molecule has 0 saturated heterocycles. The van der Waals surface area contributed by atoms with E-state index in [1.807, 2.05) is 49.4 Å². The molecule has 1 fully saturated rings. The van der Waals surface area contributed by atoms with Crippen LogP contribution in [0.1, 0.15) is 43.5 Å². The van der Waals surface area contributed by atoms with E-state index in [-0.39, 0.29) is 24.2 Å². The highest BCUT2D eigenvalue weighted by Crippen LogP contribution is 2.32. The van der Waals surface area contributed by atoms with Crippen LogP contribution in [-0.4, -0.2) is 22.5 Å². The van der Waals surface area contributed by atoms with Crippen LogP contribution in [0, 0.1) is 11.7 Å². The van der Waals surface area contributed by atoms with E-state index in [0.717, 1.165) is 45.8 Å². The Labute approximate surface area is 198 Å². The van der Waals surface area contributed by atoms with Crippen molar-refractivity contribution in [2.75, 3.05) is 6.61 Å². The molecule has 5 rings (SSSR count). The summed E-state index contributed by atoms with van der Waals surface area (Å²) in [7, 11) is 0. The number of nitrogens with one attached hydrogen (secondary N) is 2. The second kappa shape index (κ2) is 9.67. The van der Waals surface area contributed by atoms with Gasteiger partial charge in [0.25, 0.3) is 0 Å². The first kappa shape index (κ1) is 22.1. The third kappa shape index (κ3) is 5.11. The van der Waals surface area contributed by atoms with Gasteiger partial charge in [0, 0.05) is 23.0 Å². The summed E-state index contributed by atoms with van der Waals surface area (Å²) in [5, 5.41) is 3.84. The van der Waals surface area contributed by atoms with Crippen LogP contribution in [0.25, 0.3) is 22.2 Å². The number of aromatic nitrogens is 2. The number of carbonyl (C=O) groups excluding carboxylic acids is 1. The first-order chi connectivity index (χ1) is 16.6. The lowest BCUT2D eigenvalue weighted by Crippen LogP contribution is -2.27. The summed E-state index contributed by atoms with van der Waals surface area (Å²) in [6.45, 7) is 2.66. The largest absolute Gasteiger partial charge is 0.492 e. The first-order valence-corrected chi connectivity index (χ1v) is 11.8. The predicted molar refractivity (Wildman–Crippen MR) is 131 cm³/mol. The van der Waals surface area contributed by atoms with E-state index in [9.17, 15) is 9.18 Å². The molecule has 1 aliphatic rings. The first-order valence-electron chi connectivity index (χ1n) is 11.8. The molecule has 5 nitrogen and oxygen atoms in total. The summed E-state index contributed by atoms with van der Waals surface area (Å²) in [4.78, 5) is 20.6. The minimum Gasteiger partial charge on any atom is -0.492 e. The second-order valence-electron chi connectivity index (χ2n) is 9.00. The summed E-state index contributed by atoms with van der Waals surface area (Å²) < 4.78 is 19.7. The van der Waals surface area contributed by atoms with Crippen LogP contribution >= 0.6 is 0 Å². The molecule has 2 heterocycles. The standard InChI is InChI=1S/C28H28FN3O2/c1-18(25-13-10-22(16-30-25)34-17-19-7-8-19)31-27(33)14-11-23-24-15-21(29)9-12-26(24)32-28(23)20-5-3-2-4-6-20/h2-6,9-10,12-13,15-16,18-19,32H,7-8,11,14,17H2,1H3,(H,31,33)/t18-/m1/s1. The van der Waals surface area contributed by atoms with Gasteiger partial charge in [-0.2, -0.15) is 0 Å². The number of hydrogen-bond donors (Lipinski definition) is 2. The van der Waals surface area contributed by atoms with Gasteiger partial charge >= 0.3 is 0 Å². The minimum absolute atomic E-state index is 0.0758. The van der Waals surface area contributed by atoms with E-state index in [1.54, 1.807) is 12.3 Å². The smallest absolute Gasteiger partial charge is 0.220 e. The molecule has 0 radical (unpaired) electrons. The van der Waals surface area contributed by atoms with E-state index in [4.69, 9.17) is 4.74 Å². The Hall–Kier alpha value is -3.67. The van der Waals surface area contributed by atoms with E-state index in [0.29, 0.717) is 12.3 Å². The van der Waals surface area contributed by atoms with Gasteiger partial charge in [0.1, 0.15) is 11.6 Å². The second-order valence-corrected chi connectivity index (χ2v) is 9.00. The summed E-state index contributed by atoms with van der Waals surface area (Å²) in [5.74, 6) is 1.08. The van der Waals surface area contributed by atoms with E-state index >= 15 is 0 Å². The van der Waals surface area contributed by atoms with Gasteiger partial charge in [-0.05, 0) is 73.6 Å². The molecule has 1 aliphatic carbocycles. The van der Waals surface area contributed by atoms with Gasteiger partial charge < -0.3 is 15.0 Å². The number of aromatic amines is 1. The van der Waals surface area contributed by atoms with E-state index < -0.39 is 0 Å². The summed E-state index contributed by atoms with van der Waals surface area (Å²) >= 11 is 0. The SMILES string of the molecule is C[C@@H](NC(=O)CCc1c(-c2ccccc2)[nH]c2ccc(F)cc12)c1ccc(OCC2CC2)cn1. The molecule has 6 heteroatoms. The zero-order chi connectivity index (χ0) is 23.5. The van der Waals surface area contributed by atoms with Crippen molar-refractivity contribution in [3.05, 3.63) is 83.9 Å². The number of ether oxygens (including phenoxy) is 1. The maximum atomic E-state index is 14.0. The lowest BCUT2D eigenvalue weighted by Gasteiger charge is -2.14. The molecule has 2 aromatic heterocycles. The van der Waals surface area contributed by atoms with Crippen molar-refractivity contribution >= 4 is 16.8 Å². The molecule has 1 atom stereocenters. The fourth-order valence-corrected chi connectivity index (χ4v) is 4.19. The lowest BCUT2D eigenvalue weighted by molar-refractivity contribution is -0.121. The average molecular weight is 458 g/mol. The molecule has 2 aromatic carbocycles. The van der Waals surface area contributed by atoms with Crippen molar-refractivity contribution in [3.8, 4) is 17.0 Å². The van der Waals surface area contributed by atoms with Gasteiger partial charge in [0.2, 0.25) is 5.91 Å². The molecule has 2 N–H and O–H groups in total. The lowest BCUT2D eigenvalue weighted by atomic mass is 10.0. The number of aryl methyl sites for hydroxylation is 1. The number of fused-ring (bicyclic) bond motifs is 1. The topological polar surface area (TPSA) is 67.0 Å². The van der Waals surface area contributed by atoms with Gasteiger partial charge in [-0.25, -0.2) is 4.39 Å². The number of amides is 1. The summed E-state index contributed by atoms with van der Waals surface area (Å²) in [5.41, 5.74) is 4.52. The monoisotopic (exact) mass is 457 g/mol. The molecular formula is C28H28FN3O2. The number of benzene rings is 2. The zero-order valence-corrected chi connectivity index (χ0v) is 19.2. The fourth-order valence-electron chi connectivity index (χ4n) is 4.19. The average Bonchev–Trinajstić information content (AvgIpc) is 3.62. The number of hydrogen-bond acceptors (Lipinski definition) is 3. The summed E-state index contributed by atoms with van der Waals surface area (Å²) in [6.07, 6.45) is 4.99. The minimum atomic E-state index is -0.291. The molecular weight excluding hydrogens is 429 g/mol. The van der Waals surface area contributed by atoms with Crippen LogP contribution in [0.5, 0.6) is 5.75 Å². The van der Waals surface area contributed by atoms with E-state index in [1.165, 1.54) is 25.0 Å². The van der Waals surface area contributed by atoms with Crippen molar-refractivity contribution in [2.24, 2.45) is 5.92 Å². The third-order valence-electron chi connectivity index (χ3n) is 6.30. The van der Waals surface area contributed by atoms with Gasteiger partial charge in [-0.15, -0.1) is 0 Å². The molecule has 4 aromatic rings. The van der Waals surface area contributed by atoms with Crippen molar-refractivity contribution in [3.63, 3.8) is 0 Å². The Morgan fingerprint density at radius 3 is 2.74 bits per heavy atom. The predicted octanol–water partition coefficient (Wildman–Crippen LogP) is 5.97. The Kier molecular flexibility index (Phi) is 6.30. The number of pyridine rings is 1. The van der Waals surface area contributed by atoms with Gasteiger partial charge in [0.15, 0.2) is 0 Å². The number of H-pyrrole nitrogens is 1. The number of halogens is 1. The van der Waals surface area contributed by atoms with Crippen LogP contribution in [0.2, 0.25) is 0 Å². The van der Waals surface area contributed by atoms with Crippen LogP contribution in [0.4, 0.5) is 4.39 Å². The van der Waals surface area contributed by atoms with Crippen LogP contribution in [0.3, 0.4) is 0 Å². The third-order valence-corrected chi connectivity index (χ3v) is 6.30. The highest BCUT2D eigenvalue weighted by atomic mass is 19.1. The quantitative estimate of drug-likeness (QED) is 0.325. The van der Waals surface area contributed by atoms with Crippen molar-refractivity contribution in [1.29, 1.82) is 0 Å². The van der Waals surface area contributed by atoms with Gasteiger partial charge in [-0.3, -0.25) is 9.78 Å². The zero-order valence-electron chi connectivity index (χ0n) is 19.2. The van der Waals surface area contributed by atoms with Crippen LogP contribution in [-0.2, 0) is 11.2 Å². The molecule has 0 aliphatic heterocycles. The molecule has 1 saturated carbocycles. The normalized spacial score (nSPS) is 14.2. The number of carbonyl (C=O) groups is 1. The van der Waals surface area contributed by atoms with Crippen LogP contribution in [0.15, 0.2) is 66.9 Å². The molecule has 0 spiro atoms. The molecule has 0 unspecified atom stereocenters. The van der Waals surface area contributed by atoms with Crippen molar-refractivity contribution in [1.82, 2.24) is 15.3 Å². The Morgan fingerprint density at radius 2 is 2.00 bits per heavy atom. The molecule has 1 amide bonds. The molecule has 174 valence electrons. The fraction of sp³-hybridized carbons (Fsp3) is 0.286. The van der Waals surface area contributed by atoms with Crippen molar-refractivity contribution < 1.29 is 13.9 Å².